The number of aryl methyl sites for hydroxylation is 2. The van der Waals surface area contributed by atoms with Gasteiger partial charge in [-0.3, -0.25) is 14.2 Å². The van der Waals surface area contributed by atoms with E-state index >= 15 is 0 Å². The molecule has 1 amide bonds. The van der Waals surface area contributed by atoms with Gasteiger partial charge in [-0.15, -0.1) is 0 Å². The molecule has 0 bridgehead atoms. The minimum atomic E-state index is 0.0120. The Hall–Kier alpha value is -4.18. The number of nitriles is 1. The molecule has 0 aliphatic rings. The number of carbonyl (C=O) groups is 1. The molecule has 0 spiro atoms. The molecule has 2 aromatic carbocycles. The molecular formula is C28H30N6O. The molecule has 2 heterocycles. The van der Waals surface area contributed by atoms with Crippen LogP contribution in [0.15, 0.2) is 67.0 Å². The molecule has 178 valence electrons. The van der Waals surface area contributed by atoms with E-state index in [0.29, 0.717) is 32.4 Å². The van der Waals surface area contributed by atoms with Crippen LogP contribution in [0.4, 0.5) is 0 Å². The lowest BCUT2D eigenvalue weighted by Crippen LogP contribution is -2.23. The van der Waals surface area contributed by atoms with Crippen molar-refractivity contribution < 1.29 is 4.79 Å². The summed E-state index contributed by atoms with van der Waals surface area (Å²) in [5.74, 6) is 0.0120. The predicted molar refractivity (Wildman–Crippen MR) is 135 cm³/mol. The highest BCUT2D eigenvalue weighted by Crippen LogP contribution is 2.24. The minimum absolute atomic E-state index is 0.0120. The van der Waals surface area contributed by atoms with E-state index in [4.69, 9.17) is 5.26 Å². The summed E-state index contributed by atoms with van der Waals surface area (Å²) in [4.78, 5) is 12.6. The monoisotopic (exact) mass is 466 g/mol. The third kappa shape index (κ3) is 6.04. The van der Waals surface area contributed by atoms with Crippen molar-refractivity contribution in [2.75, 3.05) is 0 Å². The standard InChI is InChI=1S/C28H30N6O/c1-21-26(22(2)34(32-21)18-5-15-29)13-14-28(35)30-19-25-7-3-4-8-27(25)24-11-9-23(10-12-24)20-33-17-6-16-31-33/h3-4,6-12,16-17H,5,13-14,18-20H2,1-2H3,(H,30,35). The molecule has 1 N–H and O–H groups in total. The van der Waals surface area contributed by atoms with Gasteiger partial charge >= 0.3 is 0 Å². The summed E-state index contributed by atoms with van der Waals surface area (Å²) < 4.78 is 3.77. The van der Waals surface area contributed by atoms with Gasteiger partial charge in [0.25, 0.3) is 0 Å². The van der Waals surface area contributed by atoms with E-state index in [9.17, 15) is 4.79 Å². The molecule has 7 nitrogen and oxygen atoms in total. The number of carbonyl (C=O) groups excluding carboxylic acids is 1. The zero-order valence-corrected chi connectivity index (χ0v) is 20.2. The molecule has 35 heavy (non-hydrogen) atoms. The normalized spacial score (nSPS) is 10.8. The fraction of sp³-hybridized carbons (Fsp3) is 0.286. The Balaban J connectivity index is 1.36. The topological polar surface area (TPSA) is 88.5 Å². The first-order valence-corrected chi connectivity index (χ1v) is 11.9. The van der Waals surface area contributed by atoms with Gasteiger partial charge in [0.15, 0.2) is 0 Å². The SMILES string of the molecule is Cc1nn(CCC#N)c(C)c1CCC(=O)NCc1ccccc1-c1ccc(Cn2cccn2)cc1. The summed E-state index contributed by atoms with van der Waals surface area (Å²) in [7, 11) is 0. The number of hydrogen-bond donors (Lipinski definition) is 1. The van der Waals surface area contributed by atoms with Crippen LogP contribution in [0.5, 0.6) is 0 Å². The van der Waals surface area contributed by atoms with Crippen molar-refractivity contribution in [1.29, 1.82) is 5.26 Å². The number of nitrogens with one attached hydrogen (secondary N) is 1. The lowest BCUT2D eigenvalue weighted by Gasteiger charge is -2.12. The van der Waals surface area contributed by atoms with Gasteiger partial charge < -0.3 is 5.32 Å². The van der Waals surface area contributed by atoms with Crippen LogP contribution in [-0.4, -0.2) is 25.5 Å². The summed E-state index contributed by atoms with van der Waals surface area (Å²) >= 11 is 0. The molecule has 0 atom stereocenters. The number of nitrogens with zero attached hydrogens (tertiary/aromatic N) is 5. The van der Waals surface area contributed by atoms with Crippen LogP contribution < -0.4 is 5.32 Å². The van der Waals surface area contributed by atoms with Crippen molar-refractivity contribution >= 4 is 5.91 Å². The zero-order valence-electron chi connectivity index (χ0n) is 20.2. The Morgan fingerprint density at radius 2 is 1.89 bits per heavy atom. The van der Waals surface area contributed by atoms with Crippen molar-refractivity contribution in [2.45, 2.75) is 52.7 Å². The van der Waals surface area contributed by atoms with Gasteiger partial charge in [-0.1, -0.05) is 48.5 Å². The van der Waals surface area contributed by atoms with Gasteiger partial charge in [-0.25, -0.2) is 0 Å². The highest BCUT2D eigenvalue weighted by molar-refractivity contribution is 5.77. The van der Waals surface area contributed by atoms with Crippen LogP contribution >= 0.6 is 0 Å². The number of amides is 1. The summed E-state index contributed by atoms with van der Waals surface area (Å²) in [5, 5.41) is 20.7. The zero-order chi connectivity index (χ0) is 24.6. The molecule has 0 saturated heterocycles. The Labute approximate surface area is 206 Å². The second-order valence-corrected chi connectivity index (χ2v) is 8.62. The van der Waals surface area contributed by atoms with Crippen molar-refractivity contribution in [3.63, 3.8) is 0 Å². The van der Waals surface area contributed by atoms with E-state index in [1.54, 1.807) is 6.20 Å². The van der Waals surface area contributed by atoms with Crippen molar-refractivity contribution in [2.24, 2.45) is 0 Å². The molecule has 7 heteroatoms. The average molecular weight is 467 g/mol. The van der Waals surface area contributed by atoms with Crippen LogP contribution in [0.25, 0.3) is 11.1 Å². The third-order valence-electron chi connectivity index (χ3n) is 6.23. The molecule has 2 aromatic heterocycles. The maximum absolute atomic E-state index is 12.6. The lowest BCUT2D eigenvalue weighted by molar-refractivity contribution is -0.121. The van der Waals surface area contributed by atoms with Crippen molar-refractivity contribution in [3.05, 3.63) is 95.1 Å². The molecule has 0 fully saturated rings. The molecule has 4 rings (SSSR count). The minimum Gasteiger partial charge on any atom is -0.352 e. The number of hydrogen-bond acceptors (Lipinski definition) is 4. The van der Waals surface area contributed by atoms with E-state index in [2.05, 4.69) is 58.0 Å². The molecule has 0 radical (unpaired) electrons. The van der Waals surface area contributed by atoms with Gasteiger partial charge in [0.05, 0.1) is 31.3 Å². The van der Waals surface area contributed by atoms with Crippen molar-refractivity contribution in [1.82, 2.24) is 24.9 Å². The maximum Gasteiger partial charge on any atom is 0.220 e. The van der Waals surface area contributed by atoms with Crippen molar-refractivity contribution in [3.8, 4) is 17.2 Å². The summed E-state index contributed by atoms with van der Waals surface area (Å²) in [6, 6.07) is 20.7. The fourth-order valence-corrected chi connectivity index (χ4v) is 4.32. The second-order valence-electron chi connectivity index (χ2n) is 8.62. The molecule has 0 unspecified atom stereocenters. The Kier molecular flexibility index (Phi) is 7.74. The van der Waals surface area contributed by atoms with E-state index in [-0.39, 0.29) is 5.91 Å². The summed E-state index contributed by atoms with van der Waals surface area (Å²) in [5.41, 5.74) is 7.55. The van der Waals surface area contributed by atoms with Gasteiger partial charge in [0.2, 0.25) is 5.91 Å². The van der Waals surface area contributed by atoms with E-state index in [1.165, 1.54) is 5.56 Å². The Morgan fingerprint density at radius 3 is 2.63 bits per heavy atom. The Bertz CT molecular complexity index is 1310. The van der Waals surface area contributed by atoms with Crippen LogP contribution in [0.1, 0.15) is 40.9 Å². The van der Waals surface area contributed by atoms with E-state index in [0.717, 1.165) is 40.2 Å². The van der Waals surface area contributed by atoms with Crippen LogP contribution in [0, 0.1) is 25.2 Å². The van der Waals surface area contributed by atoms with Gasteiger partial charge in [-0.05, 0) is 54.2 Å². The molecule has 4 aromatic rings. The Morgan fingerprint density at radius 1 is 1.09 bits per heavy atom. The number of benzene rings is 2. The smallest absolute Gasteiger partial charge is 0.220 e. The average Bonchev–Trinajstić information content (AvgIpc) is 3.48. The predicted octanol–water partition coefficient (Wildman–Crippen LogP) is 4.57. The largest absolute Gasteiger partial charge is 0.352 e. The van der Waals surface area contributed by atoms with E-state index in [1.807, 2.05) is 47.6 Å². The summed E-state index contributed by atoms with van der Waals surface area (Å²) in [6.45, 7) is 5.75. The maximum atomic E-state index is 12.6. The first kappa shape index (κ1) is 24.0. The highest BCUT2D eigenvalue weighted by Gasteiger charge is 2.13. The van der Waals surface area contributed by atoms with Crippen LogP contribution in [0.3, 0.4) is 0 Å². The lowest BCUT2D eigenvalue weighted by atomic mass is 9.98. The first-order chi connectivity index (χ1) is 17.0. The van der Waals surface area contributed by atoms with Gasteiger partial charge in [-0.2, -0.15) is 15.5 Å². The fourth-order valence-electron chi connectivity index (χ4n) is 4.32. The number of aromatic nitrogens is 4. The quantitative estimate of drug-likeness (QED) is 0.371. The third-order valence-corrected chi connectivity index (χ3v) is 6.23. The van der Waals surface area contributed by atoms with E-state index < -0.39 is 0 Å². The van der Waals surface area contributed by atoms with Crippen LogP contribution in [0.2, 0.25) is 0 Å². The molecule has 0 aliphatic carbocycles. The summed E-state index contributed by atoms with van der Waals surface area (Å²) in [6.07, 6.45) is 5.19. The van der Waals surface area contributed by atoms with Gasteiger partial charge in [0.1, 0.15) is 0 Å². The molecule has 0 aliphatic heterocycles. The van der Waals surface area contributed by atoms with Crippen LogP contribution in [-0.2, 0) is 30.8 Å². The first-order valence-electron chi connectivity index (χ1n) is 11.9. The number of rotatable bonds is 10. The van der Waals surface area contributed by atoms with Gasteiger partial charge in [0, 0.05) is 31.1 Å². The second kappa shape index (κ2) is 11.3. The molecule has 0 saturated carbocycles. The highest BCUT2D eigenvalue weighted by atomic mass is 16.1. The molecular weight excluding hydrogens is 436 g/mol.